The fraction of sp³-hybridized carbons (Fsp3) is 0.172. The molecule has 0 aliphatic carbocycles. The number of amides is 1. The van der Waals surface area contributed by atoms with Crippen LogP contribution in [-0.2, 0) is 0 Å². The molecule has 38 heavy (non-hydrogen) atoms. The lowest BCUT2D eigenvalue weighted by Gasteiger charge is -2.11. The number of nitrogens with zero attached hydrogens (tertiary/aromatic N) is 3. The Morgan fingerprint density at radius 2 is 1.53 bits per heavy atom. The van der Waals surface area contributed by atoms with Crippen LogP contribution in [0.3, 0.4) is 0 Å². The molecule has 198 valence electrons. The molecule has 0 aliphatic heterocycles. The predicted octanol–water partition coefficient (Wildman–Crippen LogP) is 5.22. The number of nitrogens with one attached hydrogen (secondary N) is 2. The number of rotatable bonds is 6. The molecule has 9 heteroatoms. The Kier molecular flexibility index (Phi) is 11.9. The highest BCUT2D eigenvalue weighted by molar-refractivity contribution is 6.06. The van der Waals surface area contributed by atoms with E-state index in [-0.39, 0.29) is 11.9 Å². The van der Waals surface area contributed by atoms with Gasteiger partial charge in [-0.05, 0) is 68.1 Å². The third kappa shape index (κ3) is 8.72. The number of nitrogens with two attached hydrogens (primary N) is 3. The van der Waals surface area contributed by atoms with E-state index in [1.54, 1.807) is 31.3 Å². The highest BCUT2D eigenvalue weighted by Crippen LogP contribution is 2.25. The number of benzene rings is 3. The van der Waals surface area contributed by atoms with Gasteiger partial charge in [0.25, 0.3) is 5.91 Å². The summed E-state index contributed by atoms with van der Waals surface area (Å²) in [5.74, 6) is -0.333. The molecular formula is C29H36N8O. The van der Waals surface area contributed by atoms with Crippen molar-refractivity contribution in [3.05, 3.63) is 96.2 Å². The Bertz CT molecular complexity index is 1370. The standard InChI is InChI=1S/C25H23N7O.C3H8.CH5N/c1-16(31-32-25(26)27)18-5-4-6-20(15-18)30-24(33)17-9-11-19(12-10-17)29-23-13-14-28-22-8-3-2-7-21(22)23;1-3-2;1-2/h2-15H,1H3,(H,28,29)(H,30,33)(H4,26,27,32);3H2,1-2H3;2H2,1H3/b31-16+;;. The second-order valence-corrected chi connectivity index (χ2v) is 8.03. The molecular weight excluding hydrogens is 476 g/mol. The summed E-state index contributed by atoms with van der Waals surface area (Å²) in [7, 11) is 1.50. The maximum absolute atomic E-state index is 12.7. The van der Waals surface area contributed by atoms with Crippen LogP contribution in [0.4, 0.5) is 17.1 Å². The molecule has 0 bridgehead atoms. The maximum atomic E-state index is 12.7. The lowest BCUT2D eigenvalue weighted by molar-refractivity contribution is 0.102. The number of anilines is 3. The zero-order valence-corrected chi connectivity index (χ0v) is 22.3. The van der Waals surface area contributed by atoms with Crippen LogP contribution in [-0.4, -0.2) is 29.6 Å². The van der Waals surface area contributed by atoms with E-state index >= 15 is 0 Å². The van der Waals surface area contributed by atoms with E-state index < -0.39 is 0 Å². The van der Waals surface area contributed by atoms with Gasteiger partial charge in [0.05, 0.1) is 11.2 Å². The first kappa shape index (κ1) is 29.5. The Hall–Kier alpha value is -4.76. The van der Waals surface area contributed by atoms with Gasteiger partial charge in [0.15, 0.2) is 0 Å². The van der Waals surface area contributed by atoms with Crippen LogP contribution in [0.2, 0.25) is 0 Å². The van der Waals surface area contributed by atoms with Crippen LogP contribution >= 0.6 is 0 Å². The molecule has 8 N–H and O–H groups in total. The topological polar surface area (TPSA) is 157 Å². The number of carbonyl (C=O) groups excluding carboxylic acids is 1. The van der Waals surface area contributed by atoms with Crippen LogP contribution in [0.5, 0.6) is 0 Å². The molecule has 0 saturated heterocycles. The van der Waals surface area contributed by atoms with E-state index in [2.05, 4.69) is 45.4 Å². The van der Waals surface area contributed by atoms with Crippen LogP contribution in [0.25, 0.3) is 10.9 Å². The molecule has 1 heterocycles. The van der Waals surface area contributed by atoms with Gasteiger partial charge < -0.3 is 27.8 Å². The van der Waals surface area contributed by atoms with Gasteiger partial charge in [-0.15, -0.1) is 5.10 Å². The lowest BCUT2D eigenvalue weighted by atomic mass is 10.1. The summed E-state index contributed by atoms with van der Waals surface area (Å²) in [6.45, 7) is 6.03. The van der Waals surface area contributed by atoms with Crippen molar-refractivity contribution in [2.24, 2.45) is 27.4 Å². The zero-order chi connectivity index (χ0) is 27.9. The molecule has 4 rings (SSSR count). The predicted molar refractivity (Wildman–Crippen MR) is 160 cm³/mol. The van der Waals surface area contributed by atoms with Gasteiger partial charge in [0, 0.05) is 34.2 Å². The minimum absolute atomic E-state index is 0.117. The minimum atomic E-state index is -0.216. The van der Waals surface area contributed by atoms with Crippen molar-refractivity contribution in [3.63, 3.8) is 0 Å². The molecule has 0 aliphatic rings. The summed E-state index contributed by atoms with van der Waals surface area (Å²) >= 11 is 0. The third-order valence-corrected chi connectivity index (χ3v) is 4.93. The van der Waals surface area contributed by atoms with Crippen molar-refractivity contribution < 1.29 is 4.79 Å². The summed E-state index contributed by atoms with van der Waals surface area (Å²) in [5.41, 5.74) is 20.5. The second-order valence-electron chi connectivity index (χ2n) is 8.03. The minimum Gasteiger partial charge on any atom is -0.369 e. The molecule has 4 aromatic rings. The van der Waals surface area contributed by atoms with Gasteiger partial charge in [-0.2, -0.15) is 5.10 Å². The smallest absolute Gasteiger partial charge is 0.255 e. The van der Waals surface area contributed by atoms with Gasteiger partial charge >= 0.3 is 0 Å². The van der Waals surface area contributed by atoms with Crippen LogP contribution in [0.15, 0.2) is 95.3 Å². The molecule has 0 spiro atoms. The first-order chi connectivity index (χ1) is 18.4. The zero-order valence-electron chi connectivity index (χ0n) is 22.3. The number of pyridine rings is 1. The van der Waals surface area contributed by atoms with E-state index in [1.165, 1.54) is 13.5 Å². The molecule has 3 aromatic carbocycles. The largest absolute Gasteiger partial charge is 0.369 e. The van der Waals surface area contributed by atoms with Crippen molar-refractivity contribution in [2.45, 2.75) is 27.2 Å². The molecule has 0 fully saturated rings. The number of fused-ring (bicyclic) bond motifs is 1. The molecule has 1 aromatic heterocycles. The SMILES string of the molecule is C/C(=N\N=C(N)N)c1cccc(NC(=O)c2ccc(Nc3ccnc4ccccc34)cc2)c1.CCC.CN. The lowest BCUT2D eigenvalue weighted by Crippen LogP contribution is -2.22. The van der Waals surface area contributed by atoms with Gasteiger partial charge in [0.1, 0.15) is 0 Å². The average molecular weight is 513 g/mol. The quantitative estimate of drug-likeness (QED) is 0.135. The van der Waals surface area contributed by atoms with E-state index in [1.807, 2.05) is 60.7 Å². The Morgan fingerprint density at radius 3 is 2.21 bits per heavy atom. The summed E-state index contributed by atoms with van der Waals surface area (Å²) in [5, 5.41) is 14.9. The molecule has 0 unspecified atom stereocenters. The summed E-state index contributed by atoms with van der Waals surface area (Å²) in [6.07, 6.45) is 3.02. The summed E-state index contributed by atoms with van der Waals surface area (Å²) in [6, 6.07) is 24.4. The number of hydrogen-bond acceptors (Lipinski definition) is 6. The number of aromatic nitrogens is 1. The van der Waals surface area contributed by atoms with Crippen molar-refractivity contribution in [3.8, 4) is 0 Å². The first-order valence-corrected chi connectivity index (χ1v) is 12.2. The van der Waals surface area contributed by atoms with Gasteiger partial charge in [-0.25, -0.2) is 0 Å². The maximum Gasteiger partial charge on any atom is 0.255 e. The van der Waals surface area contributed by atoms with Crippen LogP contribution in [0.1, 0.15) is 43.1 Å². The van der Waals surface area contributed by atoms with E-state index in [9.17, 15) is 4.79 Å². The van der Waals surface area contributed by atoms with E-state index in [0.717, 1.165) is 27.8 Å². The fourth-order valence-corrected chi connectivity index (χ4v) is 3.28. The number of carbonyl (C=O) groups is 1. The fourth-order valence-electron chi connectivity index (χ4n) is 3.28. The van der Waals surface area contributed by atoms with Gasteiger partial charge in [0.2, 0.25) is 5.96 Å². The number of para-hydroxylation sites is 1. The number of hydrogen-bond donors (Lipinski definition) is 5. The normalized spacial score (nSPS) is 10.3. The summed E-state index contributed by atoms with van der Waals surface area (Å²) in [4.78, 5) is 17.1. The third-order valence-electron chi connectivity index (χ3n) is 4.93. The van der Waals surface area contributed by atoms with Crippen molar-refractivity contribution in [2.75, 3.05) is 17.7 Å². The average Bonchev–Trinajstić information content (AvgIpc) is 2.94. The highest BCUT2D eigenvalue weighted by Gasteiger charge is 2.08. The van der Waals surface area contributed by atoms with Gasteiger partial charge in [-0.1, -0.05) is 50.6 Å². The second kappa shape index (κ2) is 15.4. The molecule has 9 nitrogen and oxygen atoms in total. The Morgan fingerprint density at radius 1 is 0.842 bits per heavy atom. The molecule has 0 saturated carbocycles. The van der Waals surface area contributed by atoms with Crippen molar-refractivity contribution in [1.29, 1.82) is 0 Å². The van der Waals surface area contributed by atoms with Crippen molar-refractivity contribution in [1.82, 2.24) is 4.98 Å². The van der Waals surface area contributed by atoms with E-state index in [4.69, 9.17) is 11.5 Å². The highest BCUT2D eigenvalue weighted by atomic mass is 16.1. The first-order valence-electron chi connectivity index (χ1n) is 12.2. The Balaban J connectivity index is 0.000000947. The molecule has 0 atom stereocenters. The monoisotopic (exact) mass is 512 g/mol. The van der Waals surface area contributed by atoms with Crippen LogP contribution in [0, 0.1) is 0 Å². The van der Waals surface area contributed by atoms with Crippen LogP contribution < -0.4 is 27.8 Å². The Labute approximate surface area is 223 Å². The number of guanidine groups is 1. The summed E-state index contributed by atoms with van der Waals surface area (Å²) < 4.78 is 0. The molecule has 0 radical (unpaired) electrons. The van der Waals surface area contributed by atoms with E-state index in [0.29, 0.717) is 17.0 Å². The molecule has 1 amide bonds. The van der Waals surface area contributed by atoms with Crippen molar-refractivity contribution >= 4 is 45.5 Å². The van der Waals surface area contributed by atoms with Gasteiger partial charge in [-0.3, -0.25) is 9.78 Å².